The molecule has 0 amide bonds. The zero-order valence-electron chi connectivity index (χ0n) is 23.0. The maximum Gasteiger partial charge on any atom is 0.181 e. The second kappa shape index (κ2) is 9.60. The highest BCUT2D eigenvalue weighted by Crippen LogP contribution is 2.41. The highest BCUT2D eigenvalue weighted by Gasteiger charge is 2.31. The minimum Gasteiger partial charge on any atom is -0.381 e. The van der Waals surface area contributed by atoms with Crippen LogP contribution in [0, 0.1) is 19.8 Å². The van der Waals surface area contributed by atoms with E-state index in [1.165, 1.54) is 5.56 Å². The first kappa shape index (κ1) is 24.5. The molecule has 40 heavy (non-hydrogen) atoms. The summed E-state index contributed by atoms with van der Waals surface area (Å²) in [5.74, 6) is 0.949. The van der Waals surface area contributed by atoms with Crippen molar-refractivity contribution in [2.24, 2.45) is 20.0 Å². The van der Waals surface area contributed by atoms with Crippen LogP contribution in [0.25, 0.3) is 44.8 Å². The number of aryl methyl sites for hydroxylation is 4. The average molecular weight is 535 g/mol. The SMILES string of the molecule is Cc1nnn(C)c1-c1cnc2c3cnc(-c4c(C)nnn4C)nc3n([C@H](c3ccccc3)C3CCOCC3)c2c1. The standard InChI is InChI=1S/C29H30N10O/c1-17-25(37(3)35-33-17)21-14-23-24(30-15-21)22-16-31-28(26-18(2)34-36-38(26)4)32-29(22)39(23)27(19-8-6-5-7-9-19)20-10-12-40-13-11-20/h5-9,14-16,20,27H,10-13H2,1-4H3/t27-/m1/s1. The summed E-state index contributed by atoms with van der Waals surface area (Å²) < 4.78 is 11.7. The minimum absolute atomic E-state index is 0.0291. The molecule has 1 saturated heterocycles. The quantitative estimate of drug-likeness (QED) is 0.323. The molecule has 0 spiro atoms. The Bertz CT molecular complexity index is 1700. The van der Waals surface area contributed by atoms with Crippen molar-refractivity contribution < 1.29 is 4.74 Å². The predicted octanol–water partition coefficient (Wildman–Crippen LogP) is 4.20. The number of benzene rings is 1. The van der Waals surface area contributed by atoms with Crippen LogP contribution in [-0.2, 0) is 18.8 Å². The molecule has 11 heteroatoms. The molecule has 6 heterocycles. The van der Waals surface area contributed by atoms with Gasteiger partial charge in [0.2, 0.25) is 0 Å². The summed E-state index contributed by atoms with van der Waals surface area (Å²) in [7, 11) is 3.78. The molecule has 5 aromatic heterocycles. The van der Waals surface area contributed by atoms with Gasteiger partial charge >= 0.3 is 0 Å². The Kier molecular flexibility index (Phi) is 5.88. The van der Waals surface area contributed by atoms with Crippen molar-refractivity contribution in [2.75, 3.05) is 13.2 Å². The lowest BCUT2D eigenvalue weighted by Gasteiger charge is -2.32. The van der Waals surface area contributed by atoms with E-state index in [1.54, 1.807) is 9.36 Å². The highest BCUT2D eigenvalue weighted by atomic mass is 16.5. The van der Waals surface area contributed by atoms with E-state index in [0.29, 0.717) is 11.7 Å². The molecular weight excluding hydrogens is 504 g/mol. The van der Waals surface area contributed by atoms with Crippen LogP contribution in [0.1, 0.15) is 35.8 Å². The molecule has 0 radical (unpaired) electrons. The number of fused-ring (bicyclic) bond motifs is 3. The van der Waals surface area contributed by atoms with E-state index in [2.05, 4.69) is 61.6 Å². The van der Waals surface area contributed by atoms with Gasteiger partial charge in [0.05, 0.1) is 39.5 Å². The van der Waals surface area contributed by atoms with Crippen LogP contribution in [0.5, 0.6) is 0 Å². The molecular formula is C29H30N10O. The van der Waals surface area contributed by atoms with Gasteiger partial charge in [-0.05, 0) is 44.2 Å². The van der Waals surface area contributed by atoms with Crippen molar-refractivity contribution in [3.05, 3.63) is 65.7 Å². The van der Waals surface area contributed by atoms with Crippen LogP contribution in [-0.4, -0.2) is 62.7 Å². The van der Waals surface area contributed by atoms with Gasteiger partial charge in [0.25, 0.3) is 0 Å². The lowest BCUT2D eigenvalue weighted by Crippen LogP contribution is -2.27. The van der Waals surface area contributed by atoms with E-state index in [0.717, 1.165) is 76.5 Å². The summed E-state index contributed by atoms with van der Waals surface area (Å²) in [6.07, 6.45) is 5.70. The largest absolute Gasteiger partial charge is 0.381 e. The Morgan fingerprint density at radius 2 is 1.57 bits per heavy atom. The van der Waals surface area contributed by atoms with Crippen molar-refractivity contribution in [1.82, 2.24) is 49.5 Å². The van der Waals surface area contributed by atoms with Crippen molar-refractivity contribution >= 4 is 22.1 Å². The Morgan fingerprint density at radius 3 is 2.25 bits per heavy atom. The zero-order chi connectivity index (χ0) is 27.4. The number of aromatic nitrogens is 10. The number of nitrogens with zero attached hydrogens (tertiary/aromatic N) is 10. The molecule has 1 aliphatic rings. The normalized spacial score (nSPS) is 15.3. The Balaban J connectivity index is 1.56. The fourth-order valence-corrected chi connectivity index (χ4v) is 6.14. The molecule has 1 aliphatic heterocycles. The van der Waals surface area contributed by atoms with Gasteiger partial charge in [0.15, 0.2) is 5.82 Å². The number of ether oxygens (including phenoxy) is 1. The molecule has 11 nitrogen and oxygen atoms in total. The van der Waals surface area contributed by atoms with Crippen LogP contribution in [0.3, 0.4) is 0 Å². The number of hydrogen-bond acceptors (Lipinski definition) is 8. The molecule has 7 rings (SSSR count). The van der Waals surface area contributed by atoms with E-state index in [-0.39, 0.29) is 6.04 Å². The second-order valence-electron chi connectivity index (χ2n) is 10.5. The third kappa shape index (κ3) is 3.88. The minimum atomic E-state index is 0.0291. The maximum atomic E-state index is 5.79. The molecule has 1 fully saturated rings. The fraction of sp³-hybridized carbons (Fsp3) is 0.345. The summed E-state index contributed by atoms with van der Waals surface area (Å²) in [6, 6.07) is 12.9. The van der Waals surface area contributed by atoms with Gasteiger partial charge in [-0.2, -0.15) is 0 Å². The van der Waals surface area contributed by atoms with E-state index in [9.17, 15) is 0 Å². The first-order valence-corrected chi connectivity index (χ1v) is 13.5. The first-order chi connectivity index (χ1) is 19.5. The number of pyridine rings is 1. The van der Waals surface area contributed by atoms with Gasteiger partial charge in [-0.15, -0.1) is 10.2 Å². The van der Waals surface area contributed by atoms with E-state index >= 15 is 0 Å². The van der Waals surface area contributed by atoms with Gasteiger partial charge in [-0.3, -0.25) is 4.98 Å². The third-order valence-corrected chi connectivity index (χ3v) is 7.99. The average Bonchev–Trinajstić information content (AvgIpc) is 3.61. The van der Waals surface area contributed by atoms with E-state index in [4.69, 9.17) is 19.7 Å². The molecule has 0 unspecified atom stereocenters. The predicted molar refractivity (Wildman–Crippen MR) is 150 cm³/mol. The van der Waals surface area contributed by atoms with Crippen LogP contribution in [0.4, 0.5) is 0 Å². The summed E-state index contributed by atoms with van der Waals surface area (Å²) in [4.78, 5) is 15.0. The topological polar surface area (TPSA) is 114 Å². The van der Waals surface area contributed by atoms with Gasteiger partial charge < -0.3 is 9.30 Å². The van der Waals surface area contributed by atoms with Crippen LogP contribution in [0.15, 0.2) is 48.8 Å². The molecule has 1 aromatic carbocycles. The second-order valence-corrected chi connectivity index (χ2v) is 10.5. The highest BCUT2D eigenvalue weighted by molar-refractivity contribution is 6.05. The van der Waals surface area contributed by atoms with Crippen LogP contribution >= 0.6 is 0 Å². The lowest BCUT2D eigenvalue weighted by atomic mass is 9.86. The molecule has 0 aliphatic carbocycles. The van der Waals surface area contributed by atoms with Crippen LogP contribution < -0.4 is 0 Å². The summed E-state index contributed by atoms with van der Waals surface area (Å²) in [5.41, 5.74) is 8.28. The van der Waals surface area contributed by atoms with E-state index < -0.39 is 0 Å². The molecule has 202 valence electrons. The fourth-order valence-electron chi connectivity index (χ4n) is 6.14. The van der Waals surface area contributed by atoms with Crippen LogP contribution in [0.2, 0.25) is 0 Å². The molecule has 0 N–H and O–H groups in total. The van der Waals surface area contributed by atoms with Gasteiger partial charge in [-0.25, -0.2) is 19.3 Å². The molecule has 0 bridgehead atoms. The van der Waals surface area contributed by atoms with Crippen molar-refractivity contribution in [2.45, 2.75) is 32.7 Å². The maximum absolute atomic E-state index is 5.79. The summed E-state index contributed by atoms with van der Waals surface area (Å²) in [5, 5.41) is 17.8. The van der Waals surface area contributed by atoms with Crippen molar-refractivity contribution in [3.8, 4) is 22.8 Å². The number of hydrogen-bond donors (Lipinski definition) is 0. The molecule has 0 saturated carbocycles. The zero-order valence-corrected chi connectivity index (χ0v) is 23.0. The van der Waals surface area contributed by atoms with Gasteiger partial charge in [0, 0.05) is 45.3 Å². The third-order valence-electron chi connectivity index (χ3n) is 7.99. The van der Waals surface area contributed by atoms with Crippen molar-refractivity contribution in [3.63, 3.8) is 0 Å². The molecule has 1 atom stereocenters. The van der Waals surface area contributed by atoms with E-state index in [1.807, 2.05) is 40.3 Å². The van der Waals surface area contributed by atoms with Crippen molar-refractivity contribution in [1.29, 1.82) is 0 Å². The first-order valence-electron chi connectivity index (χ1n) is 13.5. The monoisotopic (exact) mass is 534 g/mol. The number of rotatable bonds is 5. The summed E-state index contributed by atoms with van der Waals surface area (Å²) >= 11 is 0. The lowest BCUT2D eigenvalue weighted by molar-refractivity contribution is 0.0552. The smallest absolute Gasteiger partial charge is 0.181 e. The Labute approximate surface area is 230 Å². The van der Waals surface area contributed by atoms with Gasteiger partial charge in [0.1, 0.15) is 11.3 Å². The summed E-state index contributed by atoms with van der Waals surface area (Å²) in [6.45, 7) is 5.39. The molecule has 6 aromatic rings. The van der Waals surface area contributed by atoms with Gasteiger partial charge in [-0.1, -0.05) is 40.8 Å². The Hall–Kier alpha value is -4.51. The Morgan fingerprint density at radius 1 is 0.875 bits per heavy atom.